The molecule has 7 heteroatoms. The van der Waals surface area contributed by atoms with Crippen molar-refractivity contribution in [3.05, 3.63) is 78.1 Å². The first-order chi connectivity index (χ1) is 17.1. The number of Topliss-reactive ketones (excluding diaryl/α,β-unsaturated/α-hetero) is 1. The number of halogens is 1. The lowest BCUT2D eigenvalue weighted by Gasteiger charge is -2.26. The van der Waals surface area contributed by atoms with Gasteiger partial charge in [-0.05, 0) is 68.3 Å². The molecule has 0 radical (unpaired) electrons. The van der Waals surface area contributed by atoms with Crippen LogP contribution >= 0.6 is 0 Å². The molecule has 0 atom stereocenters. The number of aryl methyl sites for hydroxylation is 1. The Kier molecular flexibility index (Phi) is 8.23. The number of pyridine rings is 2. The van der Waals surface area contributed by atoms with Crippen molar-refractivity contribution < 1.29 is 13.9 Å². The van der Waals surface area contributed by atoms with Gasteiger partial charge in [0.15, 0.2) is 5.78 Å². The summed E-state index contributed by atoms with van der Waals surface area (Å²) in [7, 11) is 0. The molecule has 0 unspecified atom stereocenters. The molecule has 4 aromatic rings. The molecular weight excluding hydrogens is 455 g/mol. The predicted octanol–water partition coefficient (Wildman–Crippen LogP) is 5.83. The Balaban J connectivity index is 0.00000304. The van der Waals surface area contributed by atoms with Crippen LogP contribution in [0.1, 0.15) is 42.7 Å². The Morgan fingerprint density at radius 2 is 1.86 bits per heavy atom. The minimum absolute atomic E-state index is 0. The number of rotatable bonds is 8. The number of hydrogen-bond acceptors (Lipinski definition) is 5. The molecular formula is C29H33FN4O2. The molecule has 0 bridgehead atoms. The second-order valence-corrected chi connectivity index (χ2v) is 8.99. The molecule has 188 valence electrons. The van der Waals surface area contributed by atoms with Gasteiger partial charge in [-0.25, -0.2) is 9.37 Å². The van der Waals surface area contributed by atoms with Crippen molar-refractivity contribution in [2.75, 3.05) is 32.8 Å². The zero-order valence-electron chi connectivity index (χ0n) is 19.9. The minimum Gasteiger partial charge on any atom is -0.379 e. The van der Waals surface area contributed by atoms with Crippen molar-refractivity contribution in [2.24, 2.45) is 0 Å². The molecule has 0 spiro atoms. The maximum Gasteiger partial charge on any atom is 0.181 e. The fourth-order valence-corrected chi connectivity index (χ4v) is 4.58. The Morgan fingerprint density at radius 1 is 1.06 bits per heavy atom. The van der Waals surface area contributed by atoms with E-state index in [0.29, 0.717) is 17.7 Å². The number of carbonyl (C=O) groups excluding carboxylic acids is 1. The van der Waals surface area contributed by atoms with Gasteiger partial charge in [0.1, 0.15) is 17.2 Å². The molecule has 0 aliphatic carbocycles. The van der Waals surface area contributed by atoms with Crippen molar-refractivity contribution in [1.29, 1.82) is 0 Å². The van der Waals surface area contributed by atoms with Crippen LogP contribution in [0.2, 0.25) is 0 Å². The number of ether oxygens (including phenoxy) is 1. The van der Waals surface area contributed by atoms with Gasteiger partial charge in [-0.3, -0.25) is 19.1 Å². The zero-order chi connectivity index (χ0) is 24.2. The summed E-state index contributed by atoms with van der Waals surface area (Å²) < 4.78 is 21.1. The highest BCUT2D eigenvalue weighted by atomic mass is 19.1. The third-order valence-electron chi connectivity index (χ3n) is 6.57. The number of morpholine rings is 1. The number of aromatic nitrogens is 3. The molecule has 3 aromatic heterocycles. The quantitative estimate of drug-likeness (QED) is 0.231. The summed E-state index contributed by atoms with van der Waals surface area (Å²) in [6, 6.07) is 12.8. The number of nitrogens with zero attached hydrogens (tertiary/aromatic N) is 4. The van der Waals surface area contributed by atoms with E-state index in [2.05, 4.69) is 14.9 Å². The van der Waals surface area contributed by atoms with Crippen LogP contribution in [0, 0.1) is 12.7 Å². The summed E-state index contributed by atoms with van der Waals surface area (Å²) in [5, 5.41) is 0. The van der Waals surface area contributed by atoms with Gasteiger partial charge in [0.05, 0.1) is 25.1 Å². The number of carbonyl (C=O) groups is 1. The van der Waals surface area contributed by atoms with Crippen LogP contribution in [0.3, 0.4) is 0 Å². The van der Waals surface area contributed by atoms with Crippen molar-refractivity contribution in [3.8, 4) is 22.4 Å². The first-order valence-electron chi connectivity index (χ1n) is 12.1. The van der Waals surface area contributed by atoms with E-state index >= 15 is 0 Å². The standard InChI is InChI=1S/C28H29FN4O2.CH4/c1-20-17-21(7-9-24(20)29)28-23(5-4-11-30-28)22-8-10-27-31-18-25(33(27)19-22)26(34)6-2-3-12-32-13-15-35-16-14-32;/h4-5,7-11,17-19H,2-3,6,12-16H2,1H3;1H4. The number of ketones is 1. The molecule has 36 heavy (non-hydrogen) atoms. The number of benzene rings is 1. The smallest absolute Gasteiger partial charge is 0.181 e. The number of hydrogen-bond donors (Lipinski definition) is 0. The summed E-state index contributed by atoms with van der Waals surface area (Å²) in [4.78, 5) is 24.5. The van der Waals surface area contributed by atoms with E-state index in [1.54, 1.807) is 25.4 Å². The summed E-state index contributed by atoms with van der Waals surface area (Å²) in [5.74, 6) is -0.142. The normalized spacial score (nSPS) is 14.1. The van der Waals surface area contributed by atoms with Crippen LogP contribution in [-0.4, -0.2) is 57.9 Å². The lowest BCUT2D eigenvalue weighted by Crippen LogP contribution is -2.36. The predicted molar refractivity (Wildman–Crippen MR) is 141 cm³/mol. The van der Waals surface area contributed by atoms with Gasteiger partial charge in [0, 0.05) is 48.6 Å². The summed E-state index contributed by atoms with van der Waals surface area (Å²) in [6.07, 6.45) is 7.68. The van der Waals surface area contributed by atoms with Gasteiger partial charge in [0.25, 0.3) is 0 Å². The molecule has 1 saturated heterocycles. The van der Waals surface area contributed by atoms with Crippen LogP contribution in [0.4, 0.5) is 4.39 Å². The first kappa shape index (κ1) is 25.7. The van der Waals surface area contributed by atoms with E-state index in [1.807, 2.05) is 40.9 Å². The average Bonchev–Trinajstić information content (AvgIpc) is 3.32. The first-order valence-corrected chi connectivity index (χ1v) is 12.1. The second kappa shape index (κ2) is 11.5. The molecule has 1 aliphatic rings. The molecule has 4 heterocycles. The van der Waals surface area contributed by atoms with Crippen molar-refractivity contribution >= 4 is 11.4 Å². The number of fused-ring (bicyclic) bond motifs is 1. The lowest BCUT2D eigenvalue weighted by molar-refractivity contribution is 0.0371. The molecule has 0 saturated carbocycles. The largest absolute Gasteiger partial charge is 0.379 e. The molecule has 6 nitrogen and oxygen atoms in total. The van der Waals surface area contributed by atoms with Gasteiger partial charge >= 0.3 is 0 Å². The fourth-order valence-electron chi connectivity index (χ4n) is 4.58. The molecule has 1 aliphatic heterocycles. The summed E-state index contributed by atoms with van der Waals surface area (Å²) in [6.45, 7) is 6.28. The molecule has 5 rings (SSSR count). The van der Waals surface area contributed by atoms with Crippen LogP contribution < -0.4 is 0 Å². The highest BCUT2D eigenvalue weighted by Gasteiger charge is 2.16. The summed E-state index contributed by atoms with van der Waals surface area (Å²) >= 11 is 0. The maximum absolute atomic E-state index is 13.8. The lowest BCUT2D eigenvalue weighted by atomic mass is 9.99. The Bertz CT molecular complexity index is 1340. The number of imidazole rings is 1. The van der Waals surface area contributed by atoms with Crippen LogP contribution in [0.25, 0.3) is 28.0 Å². The number of unbranched alkanes of at least 4 members (excludes halogenated alkanes) is 1. The molecule has 0 N–H and O–H groups in total. The van der Waals surface area contributed by atoms with E-state index in [4.69, 9.17) is 4.74 Å². The van der Waals surface area contributed by atoms with Gasteiger partial charge in [-0.15, -0.1) is 0 Å². The third kappa shape index (κ3) is 5.53. The highest BCUT2D eigenvalue weighted by molar-refractivity contribution is 5.95. The van der Waals surface area contributed by atoms with Crippen LogP contribution in [-0.2, 0) is 4.74 Å². The van der Waals surface area contributed by atoms with Gasteiger partial charge in [-0.2, -0.15) is 0 Å². The van der Waals surface area contributed by atoms with Gasteiger partial charge < -0.3 is 4.74 Å². The van der Waals surface area contributed by atoms with Crippen molar-refractivity contribution in [3.63, 3.8) is 0 Å². The van der Waals surface area contributed by atoms with E-state index in [1.165, 1.54) is 6.07 Å². The van der Waals surface area contributed by atoms with Crippen LogP contribution in [0.15, 0.2) is 61.1 Å². The van der Waals surface area contributed by atoms with Crippen LogP contribution in [0.5, 0.6) is 0 Å². The average molecular weight is 489 g/mol. The fraction of sp³-hybridized carbons (Fsp3) is 0.345. The third-order valence-corrected chi connectivity index (χ3v) is 6.57. The van der Waals surface area contributed by atoms with Gasteiger partial charge in [-0.1, -0.05) is 13.5 Å². The highest BCUT2D eigenvalue weighted by Crippen LogP contribution is 2.31. The van der Waals surface area contributed by atoms with E-state index in [-0.39, 0.29) is 19.0 Å². The van der Waals surface area contributed by atoms with E-state index in [0.717, 1.165) is 73.7 Å². The van der Waals surface area contributed by atoms with Gasteiger partial charge in [0.2, 0.25) is 0 Å². The zero-order valence-corrected chi connectivity index (χ0v) is 19.9. The second-order valence-electron chi connectivity index (χ2n) is 8.99. The minimum atomic E-state index is -0.237. The topological polar surface area (TPSA) is 59.7 Å². The Labute approximate surface area is 211 Å². The maximum atomic E-state index is 13.8. The molecule has 1 fully saturated rings. The van der Waals surface area contributed by atoms with E-state index < -0.39 is 0 Å². The Hall–Kier alpha value is -3.42. The SMILES string of the molecule is C.Cc1cc(-c2ncccc2-c2ccc3ncc(C(=O)CCCCN4CCOCC4)n3c2)ccc1F. The molecule has 0 amide bonds. The van der Waals surface area contributed by atoms with Crippen molar-refractivity contribution in [1.82, 2.24) is 19.3 Å². The Morgan fingerprint density at radius 3 is 2.67 bits per heavy atom. The summed E-state index contributed by atoms with van der Waals surface area (Å²) in [5.41, 5.74) is 5.35. The van der Waals surface area contributed by atoms with E-state index in [9.17, 15) is 9.18 Å². The monoisotopic (exact) mass is 488 g/mol. The molecule has 1 aromatic carbocycles. The van der Waals surface area contributed by atoms with Crippen molar-refractivity contribution in [2.45, 2.75) is 33.6 Å².